The van der Waals surface area contributed by atoms with E-state index in [-0.39, 0.29) is 39.0 Å². The molecule has 0 spiro atoms. The first kappa shape index (κ1) is 19.2. The predicted octanol–water partition coefficient (Wildman–Crippen LogP) is 3.00. The van der Waals surface area contributed by atoms with E-state index in [9.17, 15) is 13.2 Å². The van der Waals surface area contributed by atoms with Crippen LogP contribution in [0.3, 0.4) is 0 Å². The van der Waals surface area contributed by atoms with Crippen molar-refractivity contribution < 1.29 is 17.6 Å². The molecule has 0 saturated carbocycles. The smallest absolute Gasteiger partial charge is 0.276 e. The first-order valence-corrected chi connectivity index (χ1v) is 10.2. The maximum Gasteiger partial charge on any atom is 0.276 e. The average Bonchev–Trinajstić information content (AvgIpc) is 3.21. The van der Waals surface area contributed by atoms with Crippen molar-refractivity contribution in [1.29, 1.82) is 0 Å². The zero-order chi connectivity index (χ0) is 18.9. The molecule has 26 heavy (non-hydrogen) atoms. The summed E-state index contributed by atoms with van der Waals surface area (Å²) in [6.45, 7) is 2.83. The highest BCUT2D eigenvalue weighted by atomic mass is 35.5. The maximum atomic E-state index is 12.4. The molecule has 1 N–H and O–H groups in total. The van der Waals surface area contributed by atoms with Gasteiger partial charge in [-0.2, -0.15) is 0 Å². The fourth-order valence-corrected chi connectivity index (χ4v) is 4.42. The van der Waals surface area contributed by atoms with Gasteiger partial charge < -0.3 is 9.32 Å². The van der Waals surface area contributed by atoms with Gasteiger partial charge in [-0.1, -0.05) is 23.2 Å². The van der Waals surface area contributed by atoms with Crippen LogP contribution in [0.5, 0.6) is 0 Å². The molecule has 2 heterocycles. The van der Waals surface area contributed by atoms with E-state index >= 15 is 0 Å². The van der Waals surface area contributed by atoms with E-state index in [1.165, 1.54) is 18.2 Å². The van der Waals surface area contributed by atoms with Crippen molar-refractivity contribution in [1.82, 2.24) is 14.6 Å². The molecular weight excluding hydrogens is 401 g/mol. The van der Waals surface area contributed by atoms with Crippen LogP contribution in [0.1, 0.15) is 35.0 Å². The zero-order valence-electron chi connectivity index (χ0n) is 14.0. The second kappa shape index (κ2) is 7.56. The third-order valence-corrected chi connectivity index (χ3v) is 5.81. The summed E-state index contributed by atoms with van der Waals surface area (Å²) in [7, 11) is -3.86. The zero-order valence-corrected chi connectivity index (χ0v) is 16.3. The Morgan fingerprint density at radius 2 is 1.85 bits per heavy atom. The largest absolute Gasteiger partial charge is 0.444 e. The minimum Gasteiger partial charge on any atom is -0.444 e. The minimum atomic E-state index is -3.86. The summed E-state index contributed by atoms with van der Waals surface area (Å²) in [5.74, 6) is 0.281. The van der Waals surface area contributed by atoms with Crippen molar-refractivity contribution >= 4 is 39.1 Å². The van der Waals surface area contributed by atoms with Crippen LogP contribution in [-0.4, -0.2) is 37.3 Å². The van der Waals surface area contributed by atoms with Gasteiger partial charge in [-0.15, -0.1) is 0 Å². The molecule has 7 nitrogen and oxygen atoms in total. The van der Waals surface area contributed by atoms with Crippen LogP contribution in [0.4, 0.5) is 0 Å². The van der Waals surface area contributed by atoms with Crippen LogP contribution in [0.15, 0.2) is 27.5 Å². The van der Waals surface area contributed by atoms with E-state index in [4.69, 9.17) is 27.6 Å². The van der Waals surface area contributed by atoms with Crippen molar-refractivity contribution in [2.75, 3.05) is 13.1 Å². The molecule has 0 atom stereocenters. The molecule has 0 unspecified atom stereocenters. The van der Waals surface area contributed by atoms with Gasteiger partial charge >= 0.3 is 0 Å². The molecule has 1 aliphatic rings. The number of carbonyl (C=O) groups is 1. The molecule has 3 rings (SSSR count). The maximum absolute atomic E-state index is 12.4. The average molecular weight is 418 g/mol. The number of hydrogen-bond donors (Lipinski definition) is 1. The number of rotatable bonds is 5. The number of aryl methyl sites for hydroxylation is 1. The number of aromatic nitrogens is 1. The first-order chi connectivity index (χ1) is 12.3. The number of likely N-dealkylation sites (tertiary alicyclic amines) is 1. The second-order valence-electron chi connectivity index (χ2n) is 5.94. The van der Waals surface area contributed by atoms with Gasteiger partial charge in [-0.25, -0.2) is 18.1 Å². The summed E-state index contributed by atoms with van der Waals surface area (Å²) in [5.41, 5.74) is 0.215. The highest BCUT2D eigenvalue weighted by molar-refractivity contribution is 7.89. The Morgan fingerprint density at radius 3 is 2.46 bits per heavy atom. The lowest BCUT2D eigenvalue weighted by Crippen LogP contribution is -2.28. The predicted molar refractivity (Wildman–Crippen MR) is 96.9 cm³/mol. The van der Waals surface area contributed by atoms with Crippen LogP contribution in [0.25, 0.3) is 0 Å². The summed E-state index contributed by atoms with van der Waals surface area (Å²) in [6.07, 6.45) is 1.94. The summed E-state index contributed by atoms with van der Waals surface area (Å²) in [6, 6.07) is 4.02. The van der Waals surface area contributed by atoms with Gasteiger partial charge in [0.15, 0.2) is 5.69 Å². The Labute approximate surface area is 161 Å². The number of nitrogens with one attached hydrogen (secondary N) is 1. The normalized spacial score (nSPS) is 14.8. The van der Waals surface area contributed by atoms with E-state index in [1.54, 1.807) is 11.8 Å². The van der Waals surface area contributed by atoms with E-state index in [0.717, 1.165) is 12.8 Å². The molecule has 10 heteroatoms. The van der Waals surface area contributed by atoms with Crippen molar-refractivity contribution in [2.45, 2.75) is 31.2 Å². The Balaban J connectivity index is 1.73. The van der Waals surface area contributed by atoms with Crippen LogP contribution < -0.4 is 4.72 Å². The number of oxazole rings is 1. The molecule has 0 radical (unpaired) electrons. The summed E-state index contributed by atoms with van der Waals surface area (Å²) in [4.78, 5) is 18.2. The van der Waals surface area contributed by atoms with E-state index in [2.05, 4.69) is 9.71 Å². The first-order valence-electron chi connectivity index (χ1n) is 7.97. The molecule has 0 bridgehead atoms. The number of benzene rings is 1. The highest BCUT2D eigenvalue weighted by Gasteiger charge is 2.25. The quantitative estimate of drug-likeness (QED) is 0.806. The van der Waals surface area contributed by atoms with E-state index in [1.807, 2.05) is 0 Å². The van der Waals surface area contributed by atoms with Crippen LogP contribution in [-0.2, 0) is 16.6 Å². The summed E-state index contributed by atoms with van der Waals surface area (Å²) in [5, 5.41) is 0.423. The van der Waals surface area contributed by atoms with Crippen LogP contribution in [0, 0.1) is 6.92 Å². The van der Waals surface area contributed by atoms with Crippen molar-refractivity contribution in [3.8, 4) is 0 Å². The van der Waals surface area contributed by atoms with Gasteiger partial charge in [0.2, 0.25) is 15.9 Å². The molecule has 1 saturated heterocycles. The fourth-order valence-electron chi connectivity index (χ4n) is 2.72. The van der Waals surface area contributed by atoms with Crippen LogP contribution >= 0.6 is 23.2 Å². The lowest BCUT2D eigenvalue weighted by molar-refractivity contribution is 0.0786. The lowest BCUT2D eigenvalue weighted by Gasteiger charge is -2.13. The molecule has 0 aliphatic carbocycles. The second-order valence-corrected chi connectivity index (χ2v) is 8.58. The number of nitrogens with zero attached hydrogens (tertiary/aromatic N) is 2. The van der Waals surface area contributed by atoms with Crippen molar-refractivity contribution in [2.24, 2.45) is 0 Å². The fraction of sp³-hybridized carbons (Fsp3) is 0.375. The Hall–Kier alpha value is -1.61. The molecular formula is C16H17Cl2N3O4S. The van der Waals surface area contributed by atoms with Gasteiger partial charge in [0, 0.05) is 23.1 Å². The Bertz CT molecular complexity index is 917. The van der Waals surface area contributed by atoms with E-state index < -0.39 is 10.0 Å². The van der Waals surface area contributed by atoms with Crippen LogP contribution in [0.2, 0.25) is 10.0 Å². The summed E-state index contributed by atoms with van der Waals surface area (Å²) < 4.78 is 32.5. The molecule has 1 aromatic heterocycles. The molecule has 1 aliphatic heterocycles. The standard InChI is InChI=1S/C16H17Cl2N3O4S/c1-10-15(16(22)21-4-2-3-5-21)20-14(25-10)9-19-26(23,24)13-7-11(17)6-12(18)8-13/h6-8,19H,2-5,9H2,1H3. The van der Waals surface area contributed by atoms with E-state index in [0.29, 0.717) is 18.8 Å². The Morgan fingerprint density at radius 1 is 1.23 bits per heavy atom. The monoisotopic (exact) mass is 417 g/mol. The molecule has 1 fully saturated rings. The summed E-state index contributed by atoms with van der Waals surface area (Å²) >= 11 is 11.7. The Kier molecular flexibility index (Phi) is 5.57. The van der Waals surface area contributed by atoms with Gasteiger partial charge in [0.05, 0.1) is 11.4 Å². The van der Waals surface area contributed by atoms with Gasteiger partial charge in [0.1, 0.15) is 5.76 Å². The lowest BCUT2D eigenvalue weighted by atomic mass is 10.3. The number of carbonyl (C=O) groups excluding carboxylic acids is 1. The van der Waals surface area contributed by atoms with Crippen molar-refractivity contribution in [3.63, 3.8) is 0 Å². The number of hydrogen-bond acceptors (Lipinski definition) is 5. The molecule has 2 aromatic rings. The van der Waals surface area contributed by atoms with Gasteiger partial charge in [-0.05, 0) is 38.0 Å². The number of halogens is 2. The molecule has 140 valence electrons. The molecule has 1 amide bonds. The topological polar surface area (TPSA) is 92.5 Å². The number of amides is 1. The highest BCUT2D eigenvalue weighted by Crippen LogP contribution is 2.22. The number of sulfonamides is 1. The molecule has 1 aromatic carbocycles. The SMILES string of the molecule is Cc1oc(CNS(=O)(=O)c2cc(Cl)cc(Cl)c2)nc1C(=O)N1CCCC1. The third-order valence-electron chi connectivity index (χ3n) is 4.00. The van der Waals surface area contributed by atoms with Gasteiger partial charge in [0.25, 0.3) is 5.91 Å². The minimum absolute atomic E-state index is 0.0633. The third kappa shape index (κ3) is 4.20. The van der Waals surface area contributed by atoms with Crippen molar-refractivity contribution in [3.05, 3.63) is 45.6 Å². The van der Waals surface area contributed by atoms with Gasteiger partial charge in [-0.3, -0.25) is 4.79 Å².